The molecule has 0 unspecified atom stereocenters. The Labute approximate surface area is 154 Å². The summed E-state index contributed by atoms with van der Waals surface area (Å²) in [4.78, 5) is 48.0. The largest absolute Gasteiger partial charge is 0.325 e. The van der Waals surface area contributed by atoms with Crippen molar-refractivity contribution in [1.82, 2.24) is 10.2 Å². The van der Waals surface area contributed by atoms with Crippen LogP contribution in [0.4, 0.5) is 20.6 Å². The quantitative estimate of drug-likeness (QED) is 0.473. The topological polar surface area (TPSA) is 122 Å². The highest BCUT2D eigenvalue weighted by Crippen LogP contribution is 2.32. The Morgan fingerprint density at radius 3 is 2.56 bits per heavy atom. The molecule has 0 atom stereocenters. The molecule has 3 rings (SSSR count). The zero-order valence-electron chi connectivity index (χ0n) is 14.5. The fourth-order valence-electron chi connectivity index (χ4n) is 3.55. The lowest BCUT2D eigenvalue weighted by molar-refractivity contribution is -0.384. The summed E-state index contributed by atoms with van der Waals surface area (Å²) in [5.41, 5.74) is -1.74. The van der Waals surface area contributed by atoms with E-state index in [0.717, 1.165) is 48.8 Å². The van der Waals surface area contributed by atoms with Gasteiger partial charge >= 0.3 is 6.03 Å². The number of halogens is 1. The first-order valence-electron chi connectivity index (χ1n) is 8.70. The summed E-state index contributed by atoms with van der Waals surface area (Å²) >= 11 is 0. The minimum atomic E-state index is -0.968. The molecule has 9 nitrogen and oxygen atoms in total. The highest BCUT2D eigenvalue weighted by molar-refractivity contribution is 6.10. The highest BCUT2D eigenvalue weighted by atomic mass is 19.1. The van der Waals surface area contributed by atoms with E-state index in [4.69, 9.17) is 0 Å². The number of benzene rings is 1. The molecular weight excluding hydrogens is 359 g/mol. The number of nitro groups is 1. The summed E-state index contributed by atoms with van der Waals surface area (Å²) in [7, 11) is 0. The number of rotatable bonds is 4. The van der Waals surface area contributed by atoms with Crippen molar-refractivity contribution in [3.05, 3.63) is 34.1 Å². The van der Waals surface area contributed by atoms with Crippen molar-refractivity contribution in [3.8, 4) is 0 Å². The summed E-state index contributed by atoms with van der Waals surface area (Å²) in [5.74, 6) is -2.13. The van der Waals surface area contributed by atoms with Gasteiger partial charge in [-0.05, 0) is 18.9 Å². The van der Waals surface area contributed by atoms with E-state index in [1.807, 2.05) is 0 Å². The fourth-order valence-corrected chi connectivity index (χ4v) is 3.55. The number of carbonyl (C=O) groups excluding carboxylic acids is 3. The third-order valence-corrected chi connectivity index (χ3v) is 4.94. The molecule has 2 fully saturated rings. The number of nitro benzene ring substituents is 1. The predicted molar refractivity (Wildman–Crippen MR) is 92.4 cm³/mol. The van der Waals surface area contributed by atoms with Crippen molar-refractivity contribution in [2.75, 3.05) is 11.9 Å². The average Bonchev–Trinajstić information content (AvgIpc) is 2.79. The van der Waals surface area contributed by atoms with Crippen LogP contribution >= 0.6 is 0 Å². The van der Waals surface area contributed by atoms with Gasteiger partial charge in [0.15, 0.2) is 0 Å². The van der Waals surface area contributed by atoms with Crippen molar-refractivity contribution in [2.45, 2.75) is 44.1 Å². The molecule has 0 bridgehead atoms. The van der Waals surface area contributed by atoms with Gasteiger partial charge in [0.25, 0.3) is 11.6 Å². The van der Waals surface area contributed by atoms with Gasteiger partial charge < -0.3 is 10.6 Å². The van der Waals surface area contributed by atoms with Gasteiger partial charge in [-0.25, -0.2) is 9.18 Å². The number of imide groups is 1. The SMILES string of the molecule is O=C(CN1C(=O)NC2(CCCCCC2)C1=O)Nc1cc([N+](=O)[O-])ccc1F. The molecule has 1 saturated heterocycles. The zero-order valence-corrected chi connectivity index (χ0v) is 14.5. The standard InChI is InChI=1S/C17H19FN4O5/c18-12-6-5-11(22(26)27)9-13(12)19-14(23)10-21-15(24)17(20-16(21)25)7-3-1-2-4-8-17/h5-6,9H,1-4,7-8,10H2,(H,19,23)(H,20,25). The van der Waals surface area contributed by atoms with Gasteiger partial charge in [-0.1, -0.05) is 25.7 Å². The molecule has 1 heterocycles. The van der Waals surface area contributed by atoms with E-state index in [2.05, 4.69) is 10.6 Å². The first-order valence-corrected chi connectivity index (χ1v) is 8.70. The Morgan fingerprint density at radius 1 is 1.26 bits per heavy atom. The molecule has 1 spiro atoms. The summed E-state index contributed by atoms with van der Waals surface area (Å²) in [6.07, 6.45) is 4.63. The molecule has 2 aliphatic rings. The van der Waals surface area contributed by atoms with Crippen LogP contribution in [0.15, 0.2) is 18.2 Å². The first-order chi connectivity index (χ1) is 12.8. The maximum absolute atomic E-state index is 13.8. The van der Waals surface area contributed by atoms with Crippen LogP contribution in [0.2, 0.25) is 0 Å². The van der Waals surface area contributed by atoms with Crippen LogP contribution < -0.4 is 10.6 Å². The van der Waals surface area contributed by atoms with Crippen molar-refractivity contribution in [3.63, 3.8) is 0 Å². The highest BCUT2D eigenvalue weighted by Gasteiger charge is 2.51. The van der Waals surface area contributed by atoms with Gasteiger partial charge in [-0.15, -0.1) is 0 Å². The number of carbonyl (C=O) groups is 3. The molecule has 27 heavy (non-hydrogen) atoms. The number of amides is 4. The van der Waals surface area contributed by atoms with E-state index in [1.54, 1.807) is 0 Å². The lowest BCUT2D eigenvalue weighted by atomic mass is 9.90. The number of nitrogens with zero attached hydrogens (tertiary/aromatic N) is 2. The molecule has 1 aliphatic heterocycles. The second kappa shape index (κ2) is 7.29. The molecule has 2 N–H and O–H groups in total. The van der Waals surface area contributed by atoms with E-state index in [-0.39, 0.29) is 11.4 Å². The van der Waals surface area contributed by atoms with Crippen molar-refractivity contribution >= 4 is 29.2 Å². The summed E-state index contributed by atoms with van der Waals surface area (Å²) in [6.45, 7) is -0.589. The summed E-state index contributed by atoms with van der Waals surface area (Å²) in [5, 5.41) is 15.7. The van der Waals surface area contributed by atoms with Gasteiger partial charge in [-0.2, -0.15) is 0 Å². The fraction of sp³-hybridized carbons (Fsp3) is 0.471. The van der Waals surface area contributed by atoms with Gasteiger partial charge in [-0.3, -0.25) is 24.6 Å². The van der Waals surface area contributed by atoms with E-state index in [9.17, 15) is 28.9 Å². The third kappa shape index (κ3) is 3.74. The van der Waals surface area contributed by atoms with Crippen molar-refractivity contribution in [1.29, 1.82) is 0 Å². The number of nitrogens with one attached hydrogen (secondary N) is 2. The maximum Gasteiger partial charge on any atom is 0.325 e. The Balaban J connectivity index is 1.71. The van der Waals surface area contributed by atoms with Crippen LogP contribution in [0.1, 0.15) is 38.5 Å². The normalized spacial score (nSPS) is 18.9. The van der Waals surface area contributed by atoms with Crippen LogP contribution in [0.25, 0.3) is 0 Å². The second-order valence-electron chi connectivity index (χ2n) is 6.79. The van der Waals surface area contributed by atoms with Crippen LogP contribution in [-0.2, 0) is 9.59 Å². The van der Waals surface area contributed by atoms with Gasteiger partial charge in [0.1, 0.15) is 17.9 Å². The Morgan fingerprint density at radius 2 is 1.93 bits per heavy atom. The molecule has 10 heteroatoms. The molecule has 1 aliphatic carbocycles. The Bertz CT molecular complexity index is 805. The molecule has 1 saturated carbocycles. The number of non-ortho nitro benzene ring substituents is 1. The zero-order chi connectivity index (χ0) is 19.6. The van der Waals surface area contributed by atoms with E-state index in [1.165, 1.54) is 0 Å². The molecular formula is C17H19FN4O5. The smallest absolute Gasteiger partial charge is 0.323 e. The lowest BCUT2D eigenvalue weighted by Crippen LogP contribution is -2.47. The van der Waals surface area contributed by atoms with Crippen LogP contribution in [-0.4, -0.2) is 39.8 Å². The predicted octanol–water partition coefficient (Wildman–Crippen LogP) is 2.32. The minimum Gasteiger partial charge on any atom is -0.323 e. The average molecular weight is 378 g/mol. The van der Waals surface area contributed by atoms with Gasteiger partial charge in [0, 0.05) is 12.1 Å². The molecule has 4 amide bonds. The minimum absolute atomic E-state index is 0.384. The Kier molecular flexibility index (Phi) is 5.06. The number of urea groups is 1. The summed E-state index contributed by atoms with van der Waals surface area (Å²) < 4.78 is 13.8. The second-order valence-corrected chi connectivity index (χ2v) is 6.79. The monoisotopic (exact) mass is 378 g/mol. The van der Waals surface area contributed by atoms with Gasteiger partial charge in [0.2, 0.25) is 5.91 Å². The lowest BCUT2D eigenvalue weighted by Gasteiger charge is -2.24. The van der Waals surface area contributed by atoms with Gasteiger partial charge in [0.05, 0.1) is 10.6 Å². The van der Waals surface area contributed by atoms with Crippen molar-refractivity contribution in [2.24, 2.45) is 0 Å². The maximum atomic E-state index is 13.8. The van der Waals surface area contributed by atoms with E-state index >= 15 is 0 Å². The van der Waals surface area contributed by atoms with Crippen LogP contribution in [0, 0.1) is 15.9 Å². The van der Waals surface area contributed by atoms with Crippen LogP contribution in [0.3, 0.4) is 0 Å². The van der Waals surface area contributed by atoms with E-state index < -0.39 is 40.7 Å². The van der Waals surface area contributed by atoms with Crippen LogP contribution in [0.5, 0.6) is 0 Å². The first kappa shape index (κ1) is 18.7. The number of anilines is 1. The number of hydrogen-bond acceptors (Lipinski definition) is 5. The molecule has 144 valence electrons. The molecule has 0 radical (unpaired) electrons. The molecule has 0 aromatic heterocycles. The van der Waals surface area contributed by atoms with Crippen molar-refractivity contribution < 1.29 is 23.7 Å². The van der Waals surface area contributed by atoms with E-state index in [0.29, 0.717) is 12.8 Å². The third-order valence-electron chi connectivity index (χ3n) is 4.94. The molecule has 1 aromatic rings. The summed E-state index contributed by atoms with van der Waals surface area (Å²) in [6, 6.07) is 2.06. The Hall–Kier alpha value is -3.04. The molecule has 1 aromatic carbocycles. The number of hydrogen-bond donors (Lipinski definition) is 2.